The van der Waals surface area contributed by atoms with Crippen molar-refractivity contribution in [2.75, 3.05) is 36.5 Å². The van der Waals surface area contributed by atoms with Crippen LogP contribution in [0.3, 0.4) is 0 Å². The van der Waals surface area contributed by atoms with Gasteiger partial charge in [-0.05, 0) is 37.1 Å². The average molecular weight is 433 g/mol. The van der Waals surface area contributed by atoms with E-state index in [1.54, 1.807) is 19.1 Å². The highest BCUT2D eigenvalue weighted by atomic mass is 19.4. The summed E-state index contributed by atoms with van der Waals surface area (Å²) in [4.78, 5) is 17.3. The van der Waals surface area contributed by atoms with Gasteiger partial charge in [0.25, 0.3) is 5.56 Å². The molecule has 0 radical (unpaired) electrons. The van der Waals surface area contributed by atoms with Crippen LogP contribution in [0.1, 0.15) is 29.7 Å². The molecule has 0 aliphatic carbocycles. The van der Waals surface area contributed by atoms with Crippen LogP contribution in [0, 0.1) is 6.92 Å². The molecule has 164 valence electrons. The maximum absolute atomic E-state index is 13.3. The number of halogens is 3. The van der Waals surface area contributed by atoms with Gasteiger partial charge < -0.3 is 19.9 Å². The molecule has 10 heteroatoms. The van der Waals surface area contributed by atoms with Crippen LogP contribution in [0.2, 0.25) is 0 Å². The number of aromatic nitrogens is 3. The summed E-state index contributed by atoms with van der Waals surface area (Å²) in [6.45, 7) is 5.47. The Labute approximate surface area is 176 Å². The van der Waals surface area contributed by atoms with Gasteiger partial charge in [0.2, 0.25) is 0 Å². The number of benzene rings is 1. The second-order valence-corrected chi connectivity index (χ2v) is 7.49. The number of fused-ring (bicyclic) bond motifs is 1. The predicted octanol–water partition coefficient (Wildman–Crippen LogP) is 3.66. The van der Waals surface area contributed by atoms with Gasteiger partial charge in [0.1, 0.15) is 5.69 Å². The smallest absolute Gasteiger partial charge is 0.378 e. The number of pyridine rings is 1. The Balaban J connectivity index is 1.71. The summed E-state index contributed by atoms with van der Waals surface area (Å²) in [5.41, 5.74) is 0.746. The highest BCUT2D eigenvalue weighted by molar-refractivity contribution is 5.90. The lowest BCUT2D eigenvalue weighted by molar-refractivity contribution is -0.138. The number of aromatic amines is 1. The molecule has 0 spiro atoms. The van der Waals surface area contributed by atoms with Crippen molar-refractivity contribution in [1.82, 2.24) is 15.2 Å². The monoisotopic (exact) mass is 433 g/mol. The van der Waals surface area contributed by atoms with Crippen LogP contribution in [0.25, 0.3) is 10.9 Å². The predicted molar refractivity (Wildman–Crippen MR) is 111 cm³/mol. The fraction of sp³-hybridized carbons (Fsp3) is 0.381. The van der Waals surface area contributed by atoms with Gasteiger partial charge in [-0.1, -0.05) is 12.1 Å². The van der Waals surface area contributed by atoms with Gasteiger partial charge in [-0.3, -0.25) is 4.79 Å². The van der Waals surface area contributed by atoms with E-state index in [2.05, 4.69) is 20.5 Å². The van der Waals surface area contributed by atoms with Crippen molar-refractivity contribution < 1.29 is 17.9 Å². The van der Waals surface area contributed by atoms with Crippen LogP contribution in [0.4, 0.5) is 24.7 Å². The fourth-order valence-electron chi connectivity index (χ4n) is 3.89. The van der Waals surface area contributed by atoms with Crippen LogP contribution in [-0.4, -0.2) is 41.5 Å². The van der Waals surface area contributed by atoms with Gasteiger partial charge >= 0.3 is 6.18 Å². The third-order valence-electron chi connectivity index (χ3n) is 5.50. The highest BCUT2D eigenvalue weighted by Gasteiger charge is 2.33. The van der Waals surface area contributed by atoms with E-state index in [-0.39, 0.29) is 11.1 Å². The molecular formula is C21H22F3N5O2. The number of nitrogens with one attached hydrogen (secondary N) is 2. The van der Waals surface area contributed by atoms with Gasteiger partial charge in [-0.25, -0.2) is 0 Å². The maximum Gasteiger partial charge on any atom is 0.416 e. The zero-order chi connectivity index (χ0) is 22.2. The SMILES string of the molecule is Cc1c([C@@H](C)Nc2nncc3[nH]c(=O)c(N4CCOCC4)cc23)cccc1C(F)(F)F. The Bertz CT molecular complexity index is 1160. The summed E-state index contributed by atoms with van der Waals surface area (Å²) in [5, 5.41) is 11.9. The molecule has 1 saturated heterocycles. The first-order valence-corrected chi connectivity index (χ1v) is 9.90. The van der Waals surface area contributed by atoms with Crippen molar-refractivity contribution in [2.45, 2.75) is 26.1 Å². The summed E-state index contributed by atoms with van der Waals surface area (Å²) < 4.78 is 45.2. The molecule has 2 N–H and O–H groups in total. The van der Waals surface area contributed by atoms with Gasteiger partial charge in [0.15, 0.2) is 5.82 Å². The average Bonchev–Trinajstić information content (AvgIpc) is 2.73. The summed E-state index contributed by atoms with van der Waals surface area (Å²) in [6.07, 6.45) is -2.98. The Hall–Kier alpha value is -3.14. The van der Waals surface area contributed by atoms with E-state index in [0.717, 1.165) is 6.07 Å². The third kappa shape index (κ3) is 4.20. The minimum absolute atomic E-state index is 0.158. The molecule has 1 atom stereocenters. The van der Waals surface area contributed by atoms with Gasteiger partial charge in [-0.15, -0.1) is 5.10 Å². The lowest BCUT2D eigenvalue weighted by Crippen LogP contribution is -2.39. The van der Waals surface area contributed by atoms with E-state index in [1.807, 2.05) is 4.90 Å². The highest BCUT2D eigenvalue weighted by Crippen LogP contribution is 2.35. The van der Waals surface area contributed by atoms with Crippen molar-refractivity contribution in [3.8, 4) is 0 Å². The zero-order valence-corrected chi connectivity index (χ0v) is 17.1. The Morgan fingerprint density at radius 2 is 2.00 bits per heavy atom. The molecule has 4 rings (SSSR count). The van der Waals surface area contributed by atoms with Crippen molar-refractivity contribution in [3.63, 3.8) is 0 Å². The molecule has 7 nitrogen and oxygen atoms in total. The molecule has 0 unspecified atom stereocenters. The quantitative estimate of drug-likeness (QED) is 0.654. The molecule has 3 heterocycles. The molecule has 0 saturated carbocycles. The van der Waals surface area contributed by atoms with Crippen LogP contribution in [0.15, 0.2) is 35.3 Å². The molecule has 2 aromatic heterocycles. The molecule has 1 aromatic carbocycles. The fourth-order valence-corrected chi connectivity index (χ4v) is 3.89. The lowest BCUT2D eigenvalue weighted by atomic mass is 9.97. The van der Waals surface area contributed by atoms with Crippen molar-refractivity contribution in [1.29, 1.82) is 0 Å². The number of H-pyrrole nitrogens is 1. The normalized spacial score (nSPS) is 15.8. The van der Waals surface area contributed by atoms with Gasteiger partial charge in [0, 0.05) is 18.5 Å². The molecule has 0 bridgehead atoms. The van der Waals surface area contributed by atoms with E-state index in [4.69, 9.17) is 4.74 Å². The van der Waals surface area contributed by atoms with E-state index in [1.165, 1.54) is 19.2 Å². The summed E-state index contributed by atoms with van der Waals surface area (Å²) in [6, 6.07) is 5.39. The van der Waals surface area contributed by atoms with E-state index in [0.29, 0.717) is 54.3 Å². The molecule has 31 heavy (non-hydrogen) atoms. The van der Waals surface area contributed by atoms with Crippen LogP contribution in [0.5, 0.6) is 0 Å². The number of alkyl halides is 3. The number of morpholine rings is 1. The minimum Gasteiger partial charge on any atom is -0.378 e. The zero-order valence-electron chi connectivity index (χ0n) is 17.1. The summed E-state index contributed by atoms with van der Waals surface area (Å²) in [7, 11) is 0. The second kappa shape index (κ2) is 8.18. The Kier molecular flexibility index (Phi) is 5.57. The van der Waals surface area contributed by atoms with E-state index < -0.39 is 17.8 Å². The van der Waals surface area contributed by atoms with Crippen molar-refractivity contribution in [3.05, 3.63) is 57.5 Å². The number of anilines is 2. The lowest BCUT2D eigenvalue weighted by Gasteiger charge is -2.28. The van der Waals surface area contributed by atoms with Gasteiger partial charge in [-0.2, -0.15) is 18.3 Å². The first kappa shape index (κ1) is 21.1. The molecular weight excluding hydrogens is 411 g/mol. The minimum atomic E-state index is -4.42. The first-order chi connectivity index (χ1) is 14.8. The van der Waals surface area contributed by atoms with Crippen LogP contribution in [-0.2, 0) is 10.9 Å². The molecule has 1 fully saturated rings. The van der Waals surface area contributed by atoms with Gasteiger partial charge in [0.05, 0.1) is 36.5 Å². The van der Waals surface area contributed by atoms with E-state index >= 15 is 0 Å². The maximum atomic E-state index is 13.3. The van der Waals surface area contributed by atoms with Crippen LogP contribution < -0.4 is 15.8 Å². The molecule has 3 aromatic rings. The van der Waals surface area contributed by atoms with E-state index in [9.17, 15) is 18.0 Å². The first-order valence-electron chi connectivity index (χ1n) is 9.90. The summed E-state index contributed by atoms with van der Waals surface area (Å²) >= 11 is 0. The second-order valence-electron chi connectivity index (χ2n) is 7.49. The Morgan fingerprint density at radius 3 is 2.71 bits per heavy atom. The van der Waals surface area contributed by atoms with Crippen LogP contribution >= 0.6 is 0 Å². The number of ether oxygens (including phenoxy) is 1. The topological polar surface area (TPSA) is 83.1 Å². The summed E-state index contributed by atoms with van der Waals surface area (Å²) in [5.74, 6) is 0.382. The van der Waals surface area contributed by atoms with Crippen molar-refractivity contribution in [2.24, 2.45) is 0 Å². The molecule has 1 aliphatic heterocycles. The largest absolute Gasteiger partial charge is 0.416 e. The molecule has 0 amide bonds. The number of nitrogens with zero attached hydrogens (tertiary/aromatic N) is 3. The number of rotatable bonds is 4. The third-order valence-corrected chi connectivity index (χ3v) is 5.50. The standard InChI is InChI=1S/C21H22F3N5O2/c1-12-14(4-3-5-16(12)21(22,23)24)13(2)26-19-15-10-18(29-6-8-31-9-7-29)20(30)27-17(15)11-25-28-19/h3-5,10-11,13H,6-9H2,1-2H3,(H,26,28)(H,27,30)/t13-/m1/s1. The molecule has 1 aliphatic rings. The van der Waals surface area contributed by atoms with Crippen molar-refractivity contribution >= 4 is 22.4 Å². The number of hydrogen-bond donors (Lipinski definition) is 2. The Morgan fingerprint density at radius 1 is 1.26 bits per heavy atom. The number of hydrogen-bond acceptors (Lipinski definition) is 6.